The van der Waals surface area contributed by atoms with Gasteiger partial charge in [0.05, 0.1) is 0 Å². The Morgan fingerprint density at radius 1 is 0.439 bits per heavy atom. The van der Waals surface area contributed by atoms with Crippen molar-refractivity contribution in [1.82, 2.24) is 0 Å². The molecule has 1 aliphatic rings. The van der Waals surface area contributed by atoms with Crippen LogP contribution in [0.25, 0.3) is 11.1 Å². The van der Waals surface area contributed by atoms with Gasteiger partial charge in [-0.05, 0) is 23.8 Å². The Balaban J connectivity index is 1.67. The molecule has 5 rings (SSSR count). The number of rotatable bonds is 6. The van der Waals surface area contributed by atoms with Gasteiger partial charge in [-0.25, -0.2) is 35.1 Å². The van der Waals surface area contributed by atoms with Crippen molar-refractivity contribution in [3.63, 3.8) is 0 Å². The average Bonchev–Trinajstić information content (AvgIpc) is 3.35. The van der Waals surface area contributed by atoms with Crippen molar-refractivity contribution in [1.29, 1.82) is 0 Å². The summed E-state index contributed by atoms with van der Waals surface area (Å²) in [5, 5.41) is 0. The van der Waals surface area contributed by atoms with Crippen LogP contribution < -0.4 is 14.0 Å². The topological polar surface area (TPSA) is 27.7 Å². The summed E-state index contributed by atoms with van der Waals surface area (Å²) in [6.07, 6.45) is -0.580. The molecular formula is C25H7BF12O3. The van der Waals surface area contributed by atoms with E-state index in [1.54, 1.807) is 0 Å². The van der Waals surface area contributed by atoms with Crippen LogP contribution in [0.15, 0.2) is 30.3 Å². The lowest BCUT2D eigenvalue weighted by atomic mass is 10.0. The molecule has 0 aliphatic heterocycles. The van der Waals surface area contributed by atoms with Crippen molar-refractivity contribution in [2.75, 3.05) is 0 Å². The van der Waals surface area contributed by atoms with Crippen molar-refractivity contribution in [3.05, 3.63) is 111 Å². The molecule has 0 fully saturated rings. The third kappa shape index (κ3) is 4.46. The Bertz CT molecular complexity index is 1720. The molecule has 0 spiro atoms. The van der Waals surface area contributed by atoms with E-state index in [1.165, 1.54) is 12.1 Å². The first kappa shape index (κ1) is 28.0. The summed E-state index contributed by atoms with van der Waals surface area (Å²) in [7, 11) is -3.17. The molecule has 4 aromatic rings. The smallest absolute Gasteiger partial charge is 0.486 e. The van der Waals surface area contributed by atoms with E-state index in [9.17, 15) is 52.7 Å². The molecule has 0 N–H and O–H groups in total. The monoisotopic (exact) mass is 594 g/mol. The Hall–Kier alpha value is -4.50. The molecule has 3 nitrogen and oxygen atoms in total. The molecule has 0 atom stereocenters. The first-order valence-electron chi connectivity index (χ1n) is 10.9. The van der Waals surface area contributed by atoms with E-state index >= 15 is 0 Å². The zero-order chi connectivity index (χ0) is 29.9. The molecule has 0 amide bonds. The highest BCUT2D eigenvalue weighted by molar-refractivity contribution is 6.39. The van der Waals surface area contributed by atoms with E-state index in [0.29, 0.717) is 0 Å². The van der Waals surface area contributed by atoms with Gasteiger partial charge in [-0.15, -0.1) is 0 Å². The lowest BCUT2D eigenvalue weighted by Gasteiger charge is -2.20. The Morgan fingerprint density at radius 3 is 1.61 bits per heavy atom. The van der Waals surface area contributed by atoms with E-state index in [0.717, 1.165) is 6.07 Å². The third-order valence-electron chi connectivity index (χ3n) is 5.91. The summed E-state index contributed by atoms with van der Waals surface area (Å²) in [6, 6.07) is 3.79. The lowest BCUT2D eigenvalue weighted by molar-refractivity contribution is 0.260. The second kappa shape index (κ2) is 10.2. The molecule has 41 heavy (non-hydrogen) atoms. The van der Waals surface area contributed by atoms with Crippen molar-refractivity contribution in [2.24, 2.45) is 0 Å². The van der Waals surface area contributed by atoms with Gasteiger partial charge < -0.3 is 14.0 Å². The predicted molar refractivity (Wildman–Crippen MR) is 115 cm³/mol. The first-order chi connectivity index (χ1) is 19.3. The molecule has 0 saturated heterocycles. The molecule has 0 bridgehead atoms. The van der Waals surface area contributed by atoms with E-state index in [2.05, 4.69) is 9.31 Å². The zero-order valence-corrected chi connectivity index (χ0v) is 19.4. The largest absolute Gasteiger partial charge is 0.864 e. The van der Waals surface area contributed by atoms with Gasteiger partial charge in [0, 0.05) is 23.1 Å². The Kier molecular flexibility index (Phi) is 6.95. The highest BCUT2D eigenvalue weighted by Gasteiger charge is 2.42. The van der Waals surface area contributed by atoms with E-state index in [-0.39, 0.29) is 17.7 Å². The molecule has 0 unspecified atom stereocenters. The van der Waals surface area contributed by atoms with Crippen molar-refractivity contribution < 1.29 is 66.6 Å². The molecular weight excluding hydrogens is 587 g/mol. The van der Waals surface area contributed by atoms with Crippen LogP contribution in [-0.2, 0) is 6.42 Å². The maximum absolute atomic E-state index is 15.0. The molecule has 0 radical (unpaired) electrons. The fourth-order valence-electron chi connectivity index (χ4n) is 4.09. The van der Waals surface area contributed by atoms with E-state index in [1.807, 2.05) is 0 Å². The van der Waals surface area contributed by atoms with E-state index in [4.69, 9.17) is 4.65 Å². The van der Waals surface area contributed by atoms with Gasteiger partial charge in [-0.2, -0.15) is 17.6 Å². The number of hydrogen-bond donors (Lipinski definition) is 0. The van der Waals surface area contributed by atoms with Crippen LogP contribution in [0.3, 0.4) is 0 Å². The second-order valence-electron chi connectivity index (χ2n) is 8.29. The molecule has 4 aromatic carbocycles. The maximum Gasteiger partial charge on any atom is 0.864 e. The minimum absolute atomic E-state index is 0.0332. The van der Waals surface area contributed by atoms with E-state index < -0.39 is 117 Å². The van der Waals surface area contributed by atoms with Gasteiger partial charge in [0.15, 0.2) is 34.8 Å². The van der Waals surface area contributed by atoms with Gasteiger partial charge in [-0.1, -0.05) is 12.1 Å². The SMILES string of the molecule is Fc1ccc(F)c(OB(Oc2c(F)c(F)c(F)c(F)c2F)Oc2c(F)c(F)c(F)c3c2Cc2cccc(F)c2-3)c1F. The molecule has 1 aliphatic carbocycles. The lowest BCUT2D eigenvalue weighted by Crippen LogP contribution is -2.39. The first-order valence-corrected chi connectivity index (χ1v) is 10.9. The van der Waals surface area contributed by atoms with Gasteiger partial charge in [0.25, 0.3) is 0 Å². The van der Waals surface area contributed by atoms with Crippen molar-refractivity contribution in [3.8, 4) is 28.4 Å². The molecule has 0 saturated carbocycles. The highest BCUT2D eigenvalue weighted by atomic mass is 19.2. The Labute approximate surface area is 220 Å². The van der Waals surface area contributed by atoms with Crippen LogP contribution >= 0.6 is 0 Å². The van der Waals surface area contributed by atoms with Crippen LogP contribution in [0.4, 0.5) is 52.7 Å². The quantitative estimate of drug-likeness (QED) is 0.0886. The van der Waals surface area contributed by atoms with Gasteiger partial charge >= 0.3 is 7.32 Å². The highest BCUT2D eigenvalue weighted by Crippen LogP contribution is 2.47. The second-order valence-corrected chi connectivity index (χ2v) is 8.29. The van der Waals surface area contributed by atoms with Crippen LogP contribution in [0.2, 0.25) is 0 Å². The maximum atomic E-state index is 15.0. The Morgan fingerprint density at radius 2 is 0.951 bits per heavy atom. The fraction of sp³-hybridized carbons (Fsp3) is 0.0400. The van der Waals surface area contributed by atoms with Crippen LogP contribution in [0, 0.1) is 69.8 Å². The third-order valence-corrected chi connectivity index (χ3v) is 5.91. The van der Waals surface area contributed by atoms with Gasteiger partial charge in [-0.3, -0.25) is 0 Å². The van der Waals surface area contributed by atoms with Crippen LogP contribution in [0.1, 0.15) is 11.1 Å². The van der Waals surface area contributed by atoms with Gasteiger partial charge in [0.1, 0.15) is 11.6 Å². The molecule has 0 aromatic heterocycles. The summed E-state index contributed by atoms with van der Waals surface area (Å²) in [5.74, 6) is -31.6. The normalized spacial score (nSPS) is 11.8. The standard InChI is InChI=1S/C25H7BF12O3/c27-9-3-1-2-7-6-8-13(12(7)9)15(31)16(32)20(36)23(8)39-26(40-24-11(29)5-4-10(28)14(24)30)41-25-21(37)18(34)17(33)19(35)22(25)38/h1-5H,6H2. The minimum atomic E-state index is -3.17. The predicted octanol–water partition coefficient (Wildman–Crippen LogP) is 7.45. The summed E-state index contributed by atoms with van der Waals surface area (Å²) >= 11 is 0. The van der Waals surface area contributed by atoms with Gasteiger partial charge in [0.2, 0.25) is 40.7 Å². The molecule has 16 heteroatoms. The van der Waals surface area contributed by atoms with Crippen LogP contribution in [0.5, 0.6) is 17.2 Å². The van der Waals surface area contributed by atoms with Crippen LogP contribution in [-0.4, -0.2) is 7.32 Å². The van der Waals surface area contributed by atoms with Crippen molar-refractivity contribution in [2.45, 2.75) is 6.42 Å². The number of fused-ring (bicyclic) bond motifs is 3. The summed E-state index contributed by atoms with van der Waals surface area (Å²) in [5.41, 5.74) is -2.13. The molecule has 0 heterocycles. The summed E-state index contributed by atoms with van der Waals surface area (Å²) < 4.78 is 185. The minimum Gasteiger partial charge on any atom is -0.486 e. The molecule has 212 valence electrons. The fourth-order valence-corrected chi connectivity index (χ4v) is 4.09. The summed E-state index contributed by atoms with van der Waals surface area (Å²) in [6.45, 7) is 0. The summed E-state index contributed by atoms with van der Waals surface area (Å²) in [4.78, 5) is 0. The van der Waals surface area contributed by atoms with Crippen molar-refractivity contribution >= 4 is 7.32 Å². The zero-order valence-electron chi connectivity index (χ0n) is 19.4. The number of halogens is 12. The number of benzene rings is 4. The average molecular weight is 594 g/mol. The number of hydrogen-bond acceptors (Lipinski definition) is 3.